The molecule has 0 fully saturated rings. The van der Waals surface area contributed by atoms with Gasteiger partial charge in [0.15, 0.2) is 0 Å². The van der Waals surface area contributed by atoms with Crippen LogP contribution in [0.1, 0.15) is 36.9 Å². The average molecular weight is 351 g/mol. The summed E-state index contributed by atoms with van der Waals surface area (Å²) in [7, 11) is 0. The van der Waals surface area contributed by atoms with Crippen LogP contribution in [-0.4, -0.2) is 23.7 Å². The number of nitriles is 1. The first-order chi connectivity index (χ1) is 12.5. The third-order valence-electron chi connectivity index (χ3n) is 3.94. The molecule has 1 atom stereocenters. The number of carboxylic acids is 1. The van der Waals surface area contributed by atoms with Crippen molar-refractivity contribution >= 4 is 12.0 Å². The van der Waals surface area contributed by atoms with Crippen LogP contribution in [0.3, 0.4) is 0 Å². The van der Waals surface area contributed by atoms with Crippen molar-refractivity contribution in [1.82, 2.24) is 10.6 Å². The fourth-order valence-corrected chi connectivity index (χ4v) is 2.51. The fourth-order valence-electron chi connectivity index (χ4n) is 2.51. The van der Waals surface area contributed by atoms with Crippen molar-refractivity contribution in [3.05, 3.63) is 59.7 Å². The number of carbonyl (C=O) groups is 2. The Kier molecular flexibility index (Phi) is 6.75. The van der Waals surface area contributed by atoms with Crippen molar-refractivity contribution in [2.24, 2.45) is 0 Å². The molecule has 0 saturated heterocycles. The molecule has 26 heavy (non-hydrogen) atoms. The van der Waals surface area contributed by atoms with E-state index in [1.807, 2.05) is 49.4 Å². The zero-order valence-electron chi connectivity index (χ0n) is 14.5. The van der Waals surface area contributed by atoms with Crippen LogP contribution in [0.2, 0.25) is 0 Å². The standard InChI is InChI=1S/C20H21N3O3/c1-14(23-20(26)22-11-3-6-19(24)25)16-7-9-17(10-8-16)18-5-2-4-15(12-18)13-21/h2,4-5,7-10,12,14H,3,6,11H2,1H3,(H,24,25)(H2,22,23,26). The molecule has 0 aliphatic rings. The lowest BCUT2D eigenvalue weighted by Crippen LogP contribution is -2.37. The maximum absolute atomic E-state index is 11.8. The zero-order chi connectivity index (χ0) is 18.9. The number of nitrogens with zero attached hydrogens (tertiary/aromatic N) is 1. The number of nitrogens with one attached hydrogen (secondary N) is 2. The molecule has 0 aliphatic carbocycles. The van der Waals surface area contributed by atoms with Gasteiger partial charge >= 0.3 is 12.0 Å². The molecule has 0 bridgehead atoms. The van der Waals surface area contributed by atoms with E-state index >= 15 is 0 Å². The molecule has 134 valence electrons. The number of benzene rings is 2. The maximum atomic E-state index is 11.8. The summed E-state index contributed by atoms with van der Waals surface area (Å²) in [6.45, 7) is 2.20. The largest absolute Gasteiger partial charge is 0.481 e. The smallest absolute Gasteiger partial charge is 0.315 e. The van der Waals surface area contributed by atoms with Crippen molar-refractivity contribution in [2.75, 3.05) is 6.54 Å². The SMILES string of the molecule is CC(NC(=O)NCCCC(=O)O)c1ccc(-c2cccc(C#N)c2)cc1. The average Bonchev–Trinajstić information content (AvgIpc) is 2.65. The Hall–Kier alpha value is -3.33. The molecule has 6 nitrogen and oxygen atoms in total. The number of amides is 2. The van der Waals surface area contributed by atoms with Gasteiger partial charge in [0.25, 0.3) is 0 Å². The summed E-state index contributed by atoms with van der Waals surface area (Å²) >= 11 is 0. The minimum Gasteiger partial charge on any atom is -0.481 e. The van der Waals surface area contributed by atoms with Crippen molar-refractivity contribution < 1.29 is 14.7 Å². The zero-order valence-corrected chi connectivity index (χ0v) is 14.5. The van der Waals surface area contributed by atoms with Gasteiger partial charge in [-0.3, -0.25) is 4.79 Å². The predicted octanol–water partition coefficient (Wildman–Crippen LogP) is 3.45. The first kappa shape index (κ1) is 19.0. The summed E-state index contributed by atoms with van der Waals surface area (Å²) in [6, 6.07) is 16.8. The molecule has 1 unspecified atom stereocenters. The predicted molar refractivity (Wildman–Crippen MR) is 98.4 cm³/mol. The number of carboxylic acid groups (broad SMARTS) is 1. The summed E-state index contributed by atoms with van der Waals surface area (Å²) < 4.78 is 0. The van der Waals surface area contributed by atoms with Crippen molar-refractivity contribution in [2.45, 2.75) is 25.8 Å². The second-order valence-corrected chi connectivity index (χ2v) is 5.93. The van der Waals surface area contributed by atoms with Gasteiger partial charge in [0.2, 0.25) is 0 Å². The number of rotatable bonds is 7. The maximum Gasteiger partial charge on any atom is 0.315 e. The quantitative estimate of drug-likeness (QED) is 0.665. The lowest BCUT2D eigenvalue weighted by molar-refractivity contribution is -0.137. The van der Waals surface area contributed by atoms with Crippen LogP contribution < -0.4 is 10.6 Å². The van der Waals surface area contributed by atoms with Gasteiger partial charge in [-0.1, -0.05) is 36.4 Å². The molecule has 2 rings (SSSR count). The number of carbonyl (C=O) groups excluding carboxylic acids is 1. The molecule has 2 aromatic carbocycles. The second-order valence-electron chi connectivity index (χ2n) is 5.93. The van der Waals surface area contributed by atoms with E-state index in [1.54, 1.807) is 6.07 Å². The molecular weight excluding hydrogens is 330 g/mol. The van der Waals surface area contributed by atoms with Crippen LogP contribution in [0, 0.1) is 11.3 Å². The van der Waals surface area contributed by atoms with Gasteiger partial charge in [-0.2, -0.15) is 5.26 Å². The van der Waals surface area contributed by atoms with Crippen LogP contribution in [0.25, 0.3) is 11.1 Å². The fraction of sp³-hybridized carbons (Fsp3) is 0.250. The van der Waals surface area contributed by atoms with Gasteiger partial charge in [-0.15, -0.1) is 0 Å². The number of aliphatic carboxylic acids is 1. The van der Waals surface area contributed by atoms with Gasteiger partial charge in [0.05, 0.1) is 17.7 Å². The Morgan fingerprint density at radius 1 is 1.15 bits per heavy atom. The van der Waals surface area contributed by atoms with E-state index in [4.69, 9.17) is 10.4 Å². The van der Waals surface area contributed by atoms with Crippen molar-refractivity contribution in [3.63, 3.8) is 0 Å². The third kappa shape index (κ3) is 5.64. The van der Waals surface area contributed by atoms with Crippen LogP contribution in [-0.2, 0) is 4.79 Å². The van der Waals surface area contributed by atoms with Crippen molar-refractivity contribution in [1.29, 1.82) is 5.26 Å². The number of hydrogen-bond acceptors (Lipinski definition) is 3. The summed E-state index contributed by atoms with van der Waals surface area (Å²) in [6.07, 6.45) is 0.428. The normalized spacial score (nSPS) is 11.2. The molecule has 0 heterocycles. The number of urea groups is 1. The Balaban J connectivity index is 1.91. The van der Waals surface area contributed by atoms with Gasteiger partial charge in [-0.25, -0.2) is 4.79 Å². The monoisotopic (exact) mass is 351 g/mol. The van der Waals surface area contributed by atoms with Gasteiger partial charge in [0.1, 0.15) is 0 Å². The Morgan fingerprint density at radius 2 is 1.88 bits per heavy atom. The summed E-state index contributed by atoms with van der Waals surface area (Å²) in [5, 5.41) is 23.0. The first-order valence-corrected chi connectivity index (χ1v) is 8.36. The molecule has 3 N–H and O–H groups in total. The van der Waals surface area contributed by atoms with E-state index in [9.17, 15) is 9.59 Å². The van der Waals surface area contributed by atoms with E-state index < -0.39 is 5.97 Å². The van der Waals surface area contributed by atoms with Gasteiger partial charge in [0, 0.05) is 13.0 Å². The molecule has 6 heteroatoms. The lowest BCUT2D eigenvalue weighted by atomic mass is 10.00. The molecule has 0 saturated carbocycles. The molecule has 0 spiro atoms. The highest BCUT2D eigenvalue weighted by atomic mass is 16.4. The highest BCUT2D eigenvalue weighted by Crippen LogP contribution is 2.22. The molecule has 0 aliphatic heterocycles. The second kappa shape index (κ2) is 9.23. The van der Waals surface area contributed by atoms with Crippen LogP contribution >= 0.6 is 0 Å². The van der Waals surface area contributed by atoms with E-state index in [-0.39, 0.29) is 18.5 Å². The summed E-state index contributed by atoms with van der Waals surface area (Å²) in [5.74, 6) is -0.874. The summed E-state index contributed by atoms with van der Waals surface area (Å²) in [5.41, 5.74) is 3.52. The lowest BCUT2D eigenvalue weighted by Gasteiger charge is -2.15. The van der Waals surface area contributed by atoms with E-state index in [0.717, 1.165) is 16.7 Å². The van der Waals surface area contributed by atoms with Crippen LogP contribution in [0.5, 0.6) is 0 Å². The molecule has 2 aromatic rings. The highest BCUT2D eigenvalue weighted by molar-refractivity contribution is 5.74. The van der Waals surface area contributed by atoms with E-state index in [1.165, 1.54) is 0 Å². The first-order valence-electron chi connectivity index (χ1n) is 8.36. The molecular formula is C20H21N3O3. The highest BCUT2D eigenvalue weighted by Gasteiger charge is 2.09. The summed E-state index contributed by atoms with van der Waals surface area (Å²) in [4.78, 5) is 22.3. The van der Waals surface area contributed by atoms with E-state index in [0.29, 0.717) is 18.5 Å². The minimum absolute atomic E-state index is 0.0320. The Morgan fingerprint density at radius 3 is 2.54 bits per heavy atom. The van der Waals surface area contributed by atoms with Crippen LogP contribution in [0.4, 0.5) is 4.79 Å². The van der Waals surface area contributed by atoms with E-state index in [2.05, 4.69) is 16.7 Å². The van der Waals surface area contributed by atoms with Crippen molar-refractivity contribution in [3.8, 4) is 17.2 Å². The third-order valence-corrected chi connectivity index (χ3v) is 3.94. The minimum atomic E-state index is -0.874. The molecule has 0 radical (unpaired) electrons. The van der Waals surface area contributed by atoms with Gasteiger partial charge in [-0.05, 0) is 42.2 Å². The van der Waals surface area contributed by atoms with Gasteiger partial charge < -0.3 is 15.7 Å². The van der Waals surface area contributed by atoms with Crippen LogP contribution in [0.15, 0.2) is 48.5 Å². The molecule has 0 aromatic heterocycles. The Bertz CT molecular complexity index is 810. The molecule has 2 amide bonds. The number of hydrogen-bond donors (Lipinski definition) is 3. The topological polar surface area (TPSA) is 102 Å². The Labute approximate surface area is 152 Å².